The Balaban J connectivity index is 1.38. The van der Waals surface area contributed by atoms with Crippen molar-refractivity contribution in [2.24, 2.45) is 0 Å². The molecule has 1 amide bonds. The summed E-state index contributed by atoms with van der Waals surface area (Å²) in [5, 5.41) is 5.37. The number of amides is 1. The lowest BCUT2D eigenvalue weighted by atomic mass is 10.0. The Morgan fingerprint density at radius 2 is 1.67 bits per heavy atom. The molecule has 0 spiro atoms. The van der Waals surface area contributed by atoms with Crippen LogP contribution in [0.5, 0.6) is 5.75 Å². The molecule has 1 aliphatic heterocycles. The number of hydrogen-bond donors (Lipinski definition) is 1. The summed E-state index contributed by atoms with van der Waals surface area (Å²) in [6.07, 6.45) is 0. The van der Waals surface area contributed by atoms with Crippen molar-refractivity contribution in [3.05, 3.63) is 72.3 Å². The maximum atomic E-state index is 12.6. The van der Waals surface area contributed by atoms with Gasteiger partial charge in [-0.15, -0.1) is 0 Å². The molecule has 33 heavy (non-hydrogen) atoms. The molecule has 1 saturated heterocycles. The number of carbonyl (C=O) groups is 1. The number of hydrogen-bond acceptors (Lipinski definition) is 5. The largest absolute Gasteiger partial charge is 0.484 e. The Bertz CT molecular complexity index is 1060. The first kappa shape index (κ1) is 23.1. The summed E-state index contributed by atoms with van der Waals surface area (Å²) in [4.78, 5) is 19.5. The van der Waals surface area contributed by atoms with Gasteiger partial charge in [0.1, 0.15) is 5.75 Å². The van der Waals surface area contributed by atoms with Crippen LogP contribution in [0.3, 0.4) is 0 Å². The summed E-state index contributed by atoms with van der Waals surface area (Å²) < 4.78 is 5.78. The molecule has 3 aromatic carbocycles. The van der Waals surface area contributed by atoms with Crippen molar-refractivity contribution in [2.75, 3.05) is 65.4 Å². The molecule has 0 bridgehead atoms. The minimum Gasteiger partial charge on any atom is -0.484 e. The minimum atomic E-state index is -0.104. The average Bonchev–Trinajstić information content (AvgIpc) is 2.84. The zero-order valence-electron chi connectivity index (χ0n) is 19.8. The van der Waals surface area contributed by atoms with Gasteiger partial charge in [-0.3, -0.25) is 9.69 Å². The molecule has 0 radical (unpaired) electrons. The van der Waals surface area contributed by atoms with E-state index in [-0.39, 0.29) is 18.6 Å². The molecule has 6 heteroatoms. The molecule has 0 aromatic heterocycles. The van der Waals surface area contributed by atoms with Crippen LogP contribution < -0.4 is 15.0 Å². The van der Waals surface area contributed by atoms with Crippen molar-refractivity contribution in [1.29, 1.82) is 0 Å². The van der Waals surface area contributed by atoms with Crippen LogP contribution in [-0.4, -0.2) is 76.2 Å². The van der Waals surface area contributed by atoms with Crippen LogP contribution in [-0.2, 0) is 4.79 Å². The number of likely N-dealkylation sites (N-methyl/N-ethyl adjacent to an activating group) is 1. The number of carbonyl (C=O) groups excluding carboxylic acids is 1. The summed E-state index contributed by atoms with van der Waals surface area (Å²) in [6.45, 7) is 4.61. The van der Waals surface area contributed by atoms with E-state index in [4.69, 9.17) is 4.74 Å². The third-order valence-corrected chi connectivity index (χ3v) is 6.36. The van der Waals surface area contributed by atoms with Crippen LogP contribution in [0.2, 0.25) is 0 Å². The Kier molecular flexibility index (Phi) is 7.47. The van der Waals surface area contributed by atoms with Gasteiger partial charge >= 0.3 is 0 Å². The second-order valence-corrected chi connectivity index (χ2v) is 8.94. The quantitative estimate of drug-likeness (QED) is 0.575. The summed E-state index contributed by atoms with van der Waals surface area (Å²) in [7, 11) is 6.25. The van der Waals surface area contributed by atoms with Gasteiger partial charge in [0.15, 0.2) is 6.61 Å². The summed E-state index contributed by atoms with van der Waals surface area (Å²) in [6, 6.07) is 22.8. The van der Waals surface area contributed by atoms with Crippen molar-refractivity contribution in [1.82, 2.24) is 15.1 Å². The van der Waals surface area contributed by atoms with Gasteiger partial charge in [-0.25, -0.2) is 0 Å². The first-order valence-electron chi connectivity index (χ1n) is 11.6. The van der Waals surface area contributed by atoms with Crippen molar-refractivity contribution < 1.29 is 9.53 Å². The maximum Gasteiger partial charge on any atom is 0.258 e. The number of rotatable bonds is 8. The molecular formula is C27H34N4O2. The summed E-state index contributed by atoms with van der Waals surface area (Å²) in [5.74, 6) is 0.603. The molecule has 1 heterocycles. The van der Waals surface area contributed by atoms with Crippen LogP contribution in [0.15, 0.2) is 66.7 Å². The van der Waals surface area contributed by atoms with Crippen molar-refractivity contribution in [3.8, 4) is 5.75 Å². The summed E-state index contributed by atoms with van der Waals surface area (Å²) >= 11 is 0. The third kappa shape index (κ3) is 6.03. The number of benzene rings is 3. The van der Waals surface area contributed by atoms with Gasteiger partial charge in [0.2, 0.25) is 0 Å². The molecule has 6 nitrogen and oxygen atoms in total. The van der Waals surface area contributed by atoms with Crippen LogP contribution in [0, 0.1) is 0 Å². The molecule has 174 valence electrons. The number of piperazine rings is 1. The highest BCUT2D eigenvalue weighted by atomic mass is 16.5. The lowest BCUT2D eigenvalue weighted by molar-refractivity contribution is -0.123. The molecule has 1 aliphatic rings. The fourth-order valence-corrected chi connectivity index (χ4v) is 4.25. The van der Waals surface area contributed by atoms with Gasteiger partial charge < -0.3 is 19.9 Å². The van der Waals surface area contributed by atoms with E-state index in [1.54, 1.807) is 0 Å². The zero-order chi connectivity index (χ0) is 23.2. The van der Waals surface area contributed by atoms with Crippen LogP contribution >= 0.6 is 0 Å². The third-order valence-electron chi connectivity index (χ3n) is 6.36. The van der Waals surface area contributed by atoms with Crippen LogP contribution in [0.1, 0.15) is 11.6 Å². The molecule has 4 rings (SSSR count). The first-order chi connectivity index (χ1) is 16.0. The molecule has 1 N–H and O–H groups in total. The van der Waals surface area contributed by atoms with E-state index in [9.17, 15) is 4.79 Å². The number of nitrogens with one attached hydrogen (secondary N) is 1. The highest BCUT2D eigenvalue weighted by Crippen LogP contribution is 2.24. The molecule has 0 unspecified atom stereocenters. The summed E-state index contributed by atoms with van der Waals surface area (Å²) in [5.41, 5.74) is 2.39. The number of fused-ring (bicyclic) bond motifs is 1. The second-order valence-electron chi connectivity index (χ2n) is 8.94. The van der Waals surface area contributed by atoms with Gasteiger partial charge in [-0.1, -0.05) is 42.5 Å². The average molecular weight is 447 g/mol. The predicted molar refractivity (Wildman–Crippen MR) is 135 cm³/mol. The van der Waals surface area contributed by atoms with Crippen molar-refractivity contribution >= 4 is 22.4 Å². The number of anilines is 1. The van der Waals surface area contributed by atoms with E-state index >= 15 is 0 Å². The molecule has 0 aliphatic carbocycles. The SMILES string of the molecule is CN1CCN([C@H](CNC(=O)COc2ccc3ccccc3c2)c2ccc(N(C)C)cc2)CC1. The van der Waals surface area contributed by atoms with Gasteiger partial charge in [-0.2, -0.15) is 0 Å². The van der Waals surface area contributed by atoms with Gasteiger partial charge in [0.25, 0.3) is 5.91 Å². The Hall–Kier alpha value is -3.09. The Labute approximate surface area is 196 Å². The second kappa shape index (κ2) is 10.7. The fraction of sp³-hybridized carbons (Fsp3) is 0.370. The van der Waals surface area contributed by atoms with Gasteiger partial charge in [0, 0.05) is 52.5 Å². The molecule has 0 saturated carbocycles. The number of ether oxygens (including phenoxy) is 1. The maximum absolute atomic E-state index is 12.6. The van der Waals surface area contributed by atoms with E-state index in [0.29, 0.717) is 12.3 Å². The minimum absolute atomic E-state index is 0.00731. The van der Waals surface area contributed by atoms with E-state index in [1.165, 1.54) is 11.3 Å². The van der Waals surface area contributed by atoms with E-state index in [0.717, 1.165) is 37.0 Å². The molecular weight excluding hydrogens is 412 g/mol. The smallest absolute Gasteiger partial charge is 0.258 e. The van der Waals surface area contributed by atoms with Gasteiger partial charge in [0.05, 0.1) is 6.04 Å². The van der Waals surface area contributed by atoms with Gasteiger partial charge in [-0.05, 0) is 47.6 Å². The van der Waals surface area contributed by atoms with Crippen LogP contribution in [0.4, 0.5) is 5.69 Å². The highest BCUT2D eigenvalue weighted by Gasteiger charge is 2.24. The normalized spacial score (nSPS) is 15.8. The van der Waals surface area contributed by atoms with E-state index in [2.05, 4.69) is 57.4 Å². The molecule has 1 fully saturated rings. The van der Waals surface area contributed by atoms with Crippen LogP contribution in [0.25, 0.3) is 10.8 Å². The molecule has 3 aromatic rings. The van der Waals surface area contributed by atoms with Crippen molar-refractivity contribution in [3.63, 3.8) is 0 Å². The Morgan fingerprint density at radius 1 is 0.970 bits per heavy atom. The standard InChI is InChI=1S/C27H34N4O2/c1-29(2)24-11-8-22(9-12-24)26(31-16-14-30(3)15-17-31)19-28-27(32)20-33-25-13-10-21-6-4-5-7-23(21)18-25/h4-13,18,26H,14-17,19-20H2,1-3H3,(H,28,32)/t26-/m1/s1. The Morgan fingerprint density at radius 3 is 2.36 bits per heavy atom. The van der Waals surface area contributed by atoms with E-state index < -0.39 is 0 Å². The topological polar surface area (TPSA) is 48.1 Å². The fourth-order valence-electron chi connectivity index (χ4n) is 4.25. The number of nitrogens with zero attached hydrogens (tertiary/aromatic N) is 3. The lowest BCUT2D eigenvalue weighted by Crippen LogP contribution is -2.48. The predicted octanol–water partition coefficient (Wildman–Crippen LogP) is 3.39. The van der Waals surface area contributed by atoms with E-state index in [1.807, 2.05) is 50.5 Å². The van der Waals surface area contributed by atoms with Crippen molar-refractivity contribution in [2.45, 2.75) is 6.04 Å². The lowest BCUT2D eigenvalue weighted by Gasteiger charge is -2.38. The highest BCUT2D eigenvalue weighted by molar-refractivity contribution is 5.84. The monoisotopic (exact) mass is 446 g/mol. The molecule has 1 atom stereocenters. The first-order valence-corrected chi connectivity index (χ1v) is 11.6. The zero-order valence-corrected chi connectivity index (χ0v) is 19.8.